The fourth-order valence-corrected chi connectivity index (χ4v) is 3.46. The summed E-state index contributed by atoms with van der Waals surface area (Å²) in [7, 11) is 6.71. The van der Waals surface area contributed by atoms with Crippen LogP contribution in [0.15, 0.2) is 24.3 Å². The Balaban J connectivity index is 2.15. The van der Waals surface area contributed by atoms with Crippen LogP contribution < -0.4 is 24.3 Å². The molecule has 5 nitrogen and oxygen atoms in total. The lowest BCUT2D eigenvalue weighted by atomic mass is 9.88. The molecular weight excluding hydrogens is 318 g/mol. The number of methoxy groups -OCH3 is 4. The first-order chi connectivity index (χ1) is 12.1. The average molecular weight is 343 g/mol. The zero-order valence-corrected chi connectivity index (χ0v) is 15.4. The van der Waals surface area contributed by atoms with E-state index in [1.807, 2.05) is 13.0 Å². The van der Waals surface area contributed by atoms with E-state index in [9.17, 15) is 0 Å². The SMILES string of the molecule is COc1cc(C2NCCc3cc(OC)c(OC)cc32)c(OC)cc1C. The van der Waals surface area contributed by atoms with Gasteiger partial charge in [0.2, 0.25) is 0 Å². The van der Waals surface area contributed by atoms with Gasteiger partial charge in [-0.05, 0) is 54.3 Å². The molecule has 0 fully saturated rings. The minimum absolute atomic E-state index is 0.00741. The molecule has 1 heterocycles. The monoisotopic (exact) mass is 343 g/mol. The summed E-state index contributed by atoms with van der Waals surface area (Å²) in [4.78, 5) is 0. The highest BCUT2D eigenvalue weighted by molar-refractivity contribution is 5.55. The molecule has 25 heavy (non-hydrogen) atoms. The van der Waals surface area contributed by atoms with Crippen LogP contribution in [-0.2, 0) is 6.42 Å². The molecule has 0 bridgehead atoms. The van der Waals surface area contributed by atoms with Crippen molar-refractivity contribution in [2.75, 3.05) is 35.0 Å². The Hall–Kier alpha value is -2.40. The third-order valence-electron chi connectivity index (χ3n) is 4.76. The summed E-state index contributed by atoms with van der Waals surface area (Å²) < 4.78 is 22.1. The largest absolute Gasteiger partial charge is 0.496 e. The van der Waals surface area contributed by atoms with Crippen LogP contribution in [0, 0.1) is 6.92 Å². The lowest BCUT2D eigenvalue weighted by molar-refractivity contribution is 0.352. The highest BCUT2D eigenvalue weighted by atomic mass is 16.5. The van der Waals surface area contributed by atoms with Crippen LogP contribution in [0.25, 0.3) is 0 Å². The van der Waals surface area contributed by atoms with E-state index in [2.05, 4.69) is 23.5 Å². The van der Waals surface area contributed by atoms with Crippen molar-refractivity contribution >= 4 is 0 Å². The van der Waals surface area contributed by atoms with Crippen LogP contribution in [0.4, 0.5) is 0 Å². The van der Waals surface area contributed by atoms with E-state index in [1.54, 1.807) is 28.4 Å². The molecule has 0 amide bonds. The maximum Gasteiger partial charge on any atom is 0.161 e. The molecule has 1 unspecified atom stereocenters. The lowest BCUT2D eigenvalue weighted by Crippen LogP contribution is -2.31. The molecule has 0 saturated heterocycles. The van der Waals surface area contributed by atoms with Gasteiger partial charge in [-0.15, -0.1) is 0 Å². The summed E-state index contributed by atoms with van der Waals surface area (Å²) in [6.45, 7) is 2.90. The molecule has 0 radical (unpaired) electrons. The van der Waals surface area contributed by atoms with Crippen molar-refractivity contribution in [3.8, 4) is 23.0 Å². The molecule has 0 saturated carbocycles. The van der Waals surface area contributed by atoms with Crippen LogP contribution in [0.1, 0.15) is 28.3 Å². The minimum Gasteiger partial charge on any atom is -0.496 e. The molecule has 1 aliphatic rings. The maximum absolute atomic E-state index is 5.64. The number of ether oxygens (including phenoxy) is 4. The summed E-state index contributed by atoms with van der Waals surface area (Å²) in [5, 5.41) is 3.59. The van der Waals surface area contributed by atoms with Gasteiger partial charge in [0.15, 0.2) is 11.5 Å². The molecular formula is C20H25NO4. The van der Waals surface area contributed by atoms with Crippen molar-refractivity contribution in [1.29, 1.82) is 0 Å². The summed E-state index contributed by atoms with van der Waals surface area (Å²) in [6.07, 6.45) is 0.942. The van der Waals surface area contributed by atoms with Crippen molar-refractivity contribution in [2.24, 2.45) is 0 Å². The van der Waals surface area contributed by atoms with E-state index in [-0.39, 0.29) is 6.04 Å². The number of hydrogen-bond donors (Lipinski definition) is 1. The Bertz CT molecular complexity index is 773. The topological polar surface area (TPSA) is 49.0 Å². The van der Waals surface area contributed by atoms with Crippen LogP contribution in [0.5, 0.6) is 23.0 Å². The van der Waals surface area contributed by atoms with Gasteiger partial charge >= 0.3 is 0 Å². The van der Waals surface area contributed by atoms with Crippen molar-refractivity contribution in [2.45, 2.75) is 19.4 Å². The number of rotatable bonds is 5. The van der Waals surface area contributed by atoms with Crippen molar-refractivity contribution < 1.29 is 18.9 Å². The molecule has 5 heteroatoms. The fourth-order valence-electron chi connectivity index (χ4n) is 3.46. The van der Waals surface area contributed by atoms with Crippen molar-refractivity contribution in [1.82, 2.24) is 5.32 Å². The first-order valence-corrected chi connectivity index (χ1v) is 8.33. The van der Waals surface area contributed by atoms with Crippen LogP contribution in [0.2, 0.25) is 0 Å². The number of fused-ring (bicyclic) bond motifs is 1. The van der Waals surface area contributed by atoms with E-state index in [0.29, 0.717) is 0 Å². The fraction of sp³-hybridized carbons (Fsp3) is 0.400. The minimum atomic E-state index is 0.00741. The molecule has 2 aromatic carbocycles. The van der Waals surface area contributed by atoms with Gasteiger partial charge in [0, 0.05) is 12.1 Å². The Morgan fingerprint density at radius 2 is 1.36 bits per heavy atom. The van der Waals surface area contributed by atoms with Gasteiger partial charge in [-0.3, -0.25) is 0 Å². The highest BCUT2D eigenvalue weighted by Gasteiger charge is 2.27. The van der Waals surface area contributed by atoms with Gasteiger partial charge < -0.3 is 24.3 Å². The Morgan fingerprint density at radius 1 is 0.760 bits per heavy atom. The molecule has 1 aliphatic heterocycles. The maximum atomic E-state index is 5.64. The smallest absolute Gasteiger partial charge is 0.161 e. The molecule has 134 valence electrons. The van der Waals surface area contributed by atoms with E-state index in [4.69, 9.17) is 18.9 Å². The van der Waals surface area contributed by atoms with Gasteiger partial charge in [0.25, 0.3) is 0 Å². The Kier molecular flexibility index (Phi) is 5.04. The second kappa shape index (κ2) is 7.23. The third kappa shape index (κ3) is 3.12. The standard InChI is InChI=1S/C20H25NO4/c1-12-8-17(23-3)15(11-16(12)22-2)20-14-10-19(25-5)18(24-4)9-13(14)6-7-21-20/h8-11,20-21H,6-7H2,1-5H3. The molecule has 0 aliphatic carbocycles. The van der Waals surface area contributed by atoms with Crippen LogP contribution >= 0.6 is 0 Å². The third-order valence-corrected chi connectivity index (χ3v) is 4.76. The zero-order chi connectivity index (χ0) is 18.0. The normalized spacial score (nSPS) is 16.1. The summed E-state index contributed by atoms with van der Waals surface area (Å²) in [6, 6.07) is 8.20. The van der Waals surface area contributed by atoms with Gasteiger partial charge in [0.1, 0.15) is 11.5 Å². The first-order valence-electron chi connectivity index (χ1n) is 8.33. The van der Waals surface area contributed by atoms with Crippen molar-refractivity contribution in [3.63, 3.8) is 0 Å². The summed E-state index contributed by atoms with van der Waals surface area (Å²) in [5.41, 5.74) is 4.53. The summed E-state index contributed by atoms with van der Waals surface area (Å²) >= 11 is 0. The zero-order valence-electron chi connectivity index (χ0n) is 15.4. The van der Waals surface area contributed by atoms with Gasteiger partial charge in [-0.1, -0.05) is 0 Å². The predicted octanol–water partition coefficient (Wildman–Crippen LogP) is 3.26. The second-order valence-corrected chi connectivity index (χ2v) is 6.11. The molecule has 3 rings (SSSR count). The van der Waals surface area contributed by atoms with Crippen molar-refractivity contribution in [3.05, 3.63) is 46.5 Å². The number of benzene rings is 2. The Morgan fingerprint density at radius 3 is 2.00 bits per heavy atom. The van der Waals surface area contributed by atoms with Gasteiger partial charge in [-0.25, -0.2) is 0 Å². The molecule has 2 aromatic rings. The average Bonchev–Trinajstić information content (AvgIpc) is 2.66. The highest BCUT2D eigenvalue weighted by Crippen LogP contribution is 2.41. The lowest BCUT2D eigenvalue weighted by Gasteiger charge is -2.30. The molecule has 1 atom stereocenters. The van der Waals surface area contributed by atoms with E-state index < -0.39 is 0 Å². The van der Waals surface area contributed by atoms with Crippen LogP contribution in [-0.4, -0.2) is 35.0 Å². The van der Waals surface area contributed by atoms with Gasteiger partial charge in [-0.2, -0.15) is 0 Å². The number of aryl methyl sites for hydroxylation is 1. The second-order valence-electron chi connectivity index (χ2n) is 6.11. The summed E-state index contributed by atoms with van der Waals surface area (Å²) in [5.74, 6) is 3.19. The number of hydrogen-bond acceptors (Lipinski definition) is 5. The quantitative estimate of drug-likeness (QED) is 0.903. The molecule has 0 aromatic heterocycles. The predicted molar refractivity (Wildman–Crippen MR) is 97.4 cm³/mol. The van der Waals surface area contributed by atoms with E-state index in [0.717, 1.165) is 47.1 Å². The molecule has 0 spiro atoms. The first kappa shape index (κ1) is 17.4. The van der Waals surface area contributed by atoms with E-state index in [1.165, 1.54) is 11.1 Å². The Labute approximate surface area is 148 Å². The molecule has 1 N–H and O–H groups in total. The number of nitrogens with one attached hydrogen (secondary N) is 1. The van der Waals surface area contributed by atoms with Gasteiger partial charge in [0.05, 0.1) is 34.5 Å². The van der Waals surface area contributed by atoms with Crippen LogP contribution in [0.3, 0.4) is 0 Å². The van der Waals surface area contributed by atoms with E-state index >= 15 is 0 Å².